The van der Waals surface area contributed by atoms with E-state index in [1.807, 2.05) is 4.90 Å². The highest BCUT2D eigenvalue weighted by molar-refractivity contribution is 5.77. The van der Waals surface area contributed by atoms with Gasteiger partial charge in [-0.15, -0.1) is 10.2 Å². The number of aromatic nitrogens is 2. The van der Waals surface area contributed by atoms with Crippen molar-refractivity contribution in [1.29, 1.82) is 0 Å². The summed E-state index contributed by atoms with van der Waals surface area (Å²) in [5.41, 5.74) is 0. The van der Waals surface area contributed by atoms with Crippen LogP contribution in [0.4, 0.5) is 0 Å². The van der Waals surface area contributed by atoms with Crippen molar-refractivity contribution in [3.63, 3.8) is 0 Å². The van der Waals surface area contributed by atoms with Crippen molar-refractivity contribution in [2.75, 3.05) is 13.1 Å². The maximum absolute atomic E-state index is 11.7. The van der Waals surface area contributed by atoms with Crippen molar-refractivity contribution in [2.24, 2.45) is 5.92 Å². The third kappa shape index (κ3) is 2.33. The number of likely N-dealkylation sites (tertiary alicyclic amines) is 1. The van der Waals surface area contributed by atoms with Crippen LogP contribution >= 0.6 is 0 Å². The van der Waals surface area contributed by atoms with Gasteiger partial charge >= 0.3 is 0 Å². The van der Waals surface area contributed by atoms with Gasteiger partial charge in [-0.05, 0) is 18.8 Å². The van der Waals surface area contributed by atoms with Crippen LogP contribution in [-0.2, 0) is 11.2 Å². The van der Waals surface area contributed by atoms with E-state index in [4.69, 9.17) is 4.42 Å². The molecule has 1 saturated carbocycles. The van der Waals surface area contributed by atoms with E-state index in [1.165, 1.54) is 0 Å². The molecular formula is C12H17N3O2. The number of aryl methyl sites for hydroxylation is 1. The zero-order chi connectivity index (χ0) is 11.8. The summed E-state index contributed by atoms with van der Waals surface area (Å²) in [6.45, 7) is 3.95. The maximum atomic E-state index is 11.7. The topological polar surface area (TPSA) is 59.2 Å². The van der Waals surface area contributed by atoms with Gasteiger partial charge in [0.05, 0.1) is 0 Å². The van der Waals surface area contributed by atoms with E-state index in [-0.39, 0.29) is 5.91 Å². The van der Waals surface area contributed by atoms with Crippen molar-refractivity contribution < 1.29 is 9.21 Å². The Morgan fingerprint density at radius 2 is 2.18 bits per heavy atom. The van der Waals surface area contributed by atoms with Crippen molar-refractivity contribution >= 4 is 5.91 Å². The Kier molecular flexibility index (Phi) is 2.61. The summed E-state index contributed by atoms with van der Waals surface area (Å²) in [6, 6.07) is 0. The molecule has 0 spiro atoms. The Hall–Kier alpha value is -1.39. The third-order valence-electron chi connectivity index (χ3n) is 3.38. The highest BCUT2D eigenvalue weighted by atomic mass is 16.4. The Morgan fingerprint density at radius 1 is 1.41 bits per heavy atom. The van der Waals surface area contributed by atoms with Gasteiger partial charge in [0, 0.05) is 31.8 Å². The molecule has 0 unspecified atom stereocenters. The second-order valence-corrected chi connectivity index (χ2v) is 5.21. The summed E-state index contributed by atoms with van der Waals surface area (Å²) < 4.78 is 5.52. The minimum Gasteiger partial charge on any atom is -0.425 e. The smallest absolute Gasteiger partial charge is 0.223 e. The Labute approximate surface area is 100 Å². The van der Waals surface area contributed by atoms with Crippen LogP contribution in [-0.4, -0.2) is 34.1 Å². The van der Waals surface area contributed by atoms with Crippen LogP contribution in [0.5, 0.6) is 0 Å². The second kappa shape index (κ2) is 4.13. The van der Waals surface area contributed by atoms with Crippen molar-refractivity contribution in [3.05, 3.63) is 11.8 Å². The zero-order valence-electron chi connectivity index (χ0n) is 10.1. The lowest BCUT2D eigenvalue weighted by molar-refractivity contribution is -0.137. The second-order valence-electron chi connectivity index (χ2n) is 5.21. The molecule has 2 aliphatic rings. The van der Waals surface area contributed by atoms with Crippen LogP contribution in [0.3, 0.4) is 0 Å². The predicted octanol–water partition coefficient (Wildman–Crippen LogP) is 1.36. The molecule has 0 bridgehead atoms. The molecule has 0 aromatic carbocycles. The highest BCUT2D eigenvalue weighted by Gasteiger charge is 2.30. The quantitative estimate of drug-likeness (QED) is 0.790. The van der Waals surface area contributed by atoms with Crippen LogP contribution in [0.25, 0.3) is 0 Å². The highest BCUT2D eigenvalue weighted by Crippen LogP contribution is 2.39. The number of nitrogens with zero attached hydrogens (tertiary/aromatic N) is 3. The Bertz CT molecular complexity index is 419. The largest absolute Gasteiger partial charge is 0.425 e. The first-order valence-corrected chi connectivity index (χ1v) is 6.32. The zero-order valence-corrected chi connectivity index (χ0v) is 10.1. The van der Waals surface area contributed by atoms with Gasteiger partial charge in [0.1, 0.15) is 0 Å². The van der Waals surface area contributed by atoms with Crippen molar-refractivity contribution in [2.45, 2.75) is 38.5 Å². The van der Waals surface area contributed by atoms with Gasteiger partial charge < -0.3 is 9.32 Å². The fraction of sp³-hybridized carbons (Fsp3) is 0.750. The van der Waals surface area contributed by atoms with E-state index in [2.05, 4.69) is 17.1 Å². The molecule has 5 heteroatoms. The molecule has 2 heterocycles. The number of carbonyl (C=O) groups is 1. The lowest BCUT2D eigenvalue weighted by atomic mass is 10.0. The van der Waals surface area contributed by atoms with Gasteiger partial charge in [0.2, 0.25) is 17.7 Å². The van der Waals surface area contributed by atoms with Crippen LogP contribution in [0.15, 0.2) is 4.42 Å². The normalized spacial score (nSPS) is 20.4. The maximum Gasteiger partial charge on any atom is 0.223 e. The summed E-state index contributed by atoms with van der Waals surface area (Å²) in [5.74, 6) is 2.71. The van der Waals surface area contributed by atoms with E-state index in [0.717, 1.165) is 31.8 Å². The summed E-state index contributed by atoms with van der Waals surface area (Å²) in [4.78, 5) is 13.6. The molecule has 2 fully saturated rings. The molecule has 5 nitrogen and oxygen atoms in total. The first-order valence-electron chi connectivity index (χ1n) is 6.32. The molecule has 1 aromatic rings. The molecular weight excluding hydrogens is 218 g/mol. The van der Waals surface area contributed by atoms with Gasteiger partial charge in [-0.25, -0.2) is 0 Å². The van der Waals surface area contributed by atoms with Crippen LogP contribution in [0.2, 0.25) is 0 Å². The molecule has 1 aromatic heterocycles. The molecule has 1 saturated heterocycles. The van der Waals surface area contributed by atoms with Gasteiger partial charge in [-0.3, -0.25) is 4.79 Å². The number of amides is 1. The van der Waals surface area contributed by atoms with Gasteiger partial charge in [0.15, 0.2) is 0 Å². The van der Waals surface area contributed by atoms with E-state index in [1.54, 1.807) is 0 Å². The number of rotatable bonds is 4. The van der Waals surface area contributed by atoms with Gasteiger partial charge in [0.25, 0.3) is 0 Å². The number of hydrogen-bond donors (Lipinski definition) is 0. The Morgan fingerprint density at radius 3 is 2.82 bits per heavy atom. The fourth-order valence-corrected chi connectivity index (χ4v) is 2.14. The monoisotopic (exact) mass is 235 g/mol. The minimum absolute atomic E-state index is 0.203. The van der Waals surface area contributed by atoms with Crippen LogP contribution in [0.1, 0.15) is 43.9 Å². The van der Waals surface area contributed by atoms with Crippen LogP contribution in [0, 0.1) is 5.92 Å². The lowest BCUT2D eigenvalue weighted by Crippen LogP contribution is -2.48. The first kappa shape index (κ1) is 10.7. The molecule has 17 heavy (non-hydrogen) atoms. The van der Waals surface area contributed by atoms with E-state index in [9.17, 15) is 4.79 Å². The standard InChI is InChI=1S/C12H17N3O2/c1-8-6-15(7-8)11(16)5-4-10-13-14-12(17-10)9-2-3-9/h8-9H,2-7H2,1H3. The summed E-state index contributed by atoms with van der Waals surface area (Å²) in [6.07, 6.45) is 3.38. The molecule has 3 rings (SSSR count). The van der Waals surface area contributed by atoms with Crippen molar-refractivity contribution in [3.8, 4) is 0 Å². The first-order chi connectivity index (χ1) is 8.22. The molecule has 92 valence electrons. The molecule has 1 amide bonds. The third-order valence-corrected chi connectivity index (χ3v) is 3.38. The molecule has 1 aliphatic carbocycles. The fourth-order valence-electron chi connectivity index (χ4n) is 2.14. The average molecular weight is 235 g/mol. The van der Waals surface area contributed by atoms with Gasteiger partial charge in [-0.2, -0.15) is 0 Å². The van der Waals surface area contributed by atoms with E-state index < -0.39 is 0 Å². The summed E-state index contributed by atoms with van der Waals surface area (Å²) >= 11 is 0. The molecule has 0 atom stereocenters. The van der Waals surface area contributed by atoms with Gasteiger partial charge in [-0.1, -0.05) is 6.92 Å². The lowest BCUT2D eigenvalue weighted by Gasteiger charge is -2.37. The summed E-state index contributed by atoms with van der Waals surface area (Å²) in [7, 11) is 0. The Balaban J connectivity index is 1.47. The van der Waals surface area contributed by atoms with Crippen molar-refractivity contribution in [1.82, 2.24) is 15.1 Å². The average Bonchev–Trinajstić information content (AvgIpc) is 3.02. The summed E-state index contributed by atoms with van der Waals surface area (Å²) in [5, 5.41) is 7.99. The van der Waals surface area contributed by atoms with E-state index in [0.29, 0.717) is 30.6 Å². The minimum atomic E-state index is 0.203. The molecule has 0 N–H and O–H groups in total. The molecule has 0 radical (unpaired) electrons. The number of carbonyl (C=O) groups excluding carboxylic acids is 1. The number of hydrogen-bond acceptors (Lipinski definition) is 4. The predicted molar refractivity (Wildman–Crippen MR) is 60.3 cm³/mol. The van der Waals surface area contributed by atoms with E-state index >= 15 is 0 Å². The van der Waals surface area contributed by atoms with Crippen LogP contribution < -0.4 is 0 Å². The SMILES string of the molecule is CC1CN(C(=O)CCc2nnc(C3CC3)o2)C1. The molecule has 1 aliphatic heterocycles.